The predicted molar refractivity (Wildman–Crippen MR) is 71.8 cm³/mol. The first-order chi connectivity index (χ1) is 9.56. The van der Waals surface area contributed by atoms with Crippen LogP contribution in [0.4, 0.5) is 5.69 Å². The molecule has 20 heavy (non-hydrogen) atoms. The topological polar surface area (TPSA) is 83.5 Å². The summed E-state index contributed by atoms with van der Waals surface area (Å²) < 4.78 is 0. The van der Waals surface area contributed by atoms with E-state index in [2.05, 4.69) is 5.32 Å². The van der Waals surface area contributed by atoms with Crippen LogP contribution in [0.1, 0.15) is 20.7 Å². The third-order valence-electron chi connectivity index (χ3n) is 3.16. The third-order valence-corrected chi connectivity index (χ3v) is 3.16. The number of anilines is 1. The summed E-state index contributed by atoms with van der Waals surface area (Å²) in [4.78, 5) is 33.9. The van der Waals surface area contributed by atoms with Crippen molar-refractivity contribution in [3.63, 3.8) is 0 Å². The van der Waals surface area contributed by atoms with Crippen molar-refractivity contribution in [3.05, 3.63) is 53.6 Å². The van der Waals surface area contributed by atoms with Crippen LogP contribution >= 0.6 is 0 Å². The number of benzene rings is 2. The number of aromatic carboxylic acids is 1. The van der Waals surface area contributed by atoms with Crippen LogP contribution in [0.5, 0.6) is 0 Å². The van der Waals surface area contributed by atoms with Crippen LogP contribution in [0.2, 0.25) is 0 Å². The zero-order valence-electron chi connectivity index (χ0n) is 10.2. The van der Waals surface area contributed by atoms with Crippen molar-refractivity contribution in [2.45, 2.75) is 0 Å². The normalized spacial score (nSPS) is 13.0. The van der Waals surface area contributed by atoms with Crippen molar-refractivity contribution < 1.29 is 19.5 Å². The van der Waals surface area contributed by atoms with Crippen molar-refractivity contribution in [3.8, 4) is 11.1 Å². The number of fused-ring (bicyclic) bond motifs is 1. The van der Waals surface area contributed by atoms with Crippen molar-refractivity contribution in [2.24, 2.45) is 0 Å². The van der Waals surface area contributed by atoms with Crippen LogP contribution in [0, 0.1) is 0 Å². The number of ketones is 1. The fourth-order valence-electron chi connectivity index (χ4n) is 2.15. The van der Waals surface area contributed by atoms with E-state index in [4.69, 9.17) is 5.11 Å². The van der Waals surface area contributed by atoms with E-state index in [0.29, 0.717) is 22.4 Å². The average Bonchev–Trinajstić information content (AvgIpc) is 2.74. The second-order valence-electron chi connectivity index (χ2n) is 4.43. The second-order valence-corrected chi connectivity index (χ2v) is 4.43. The number of hydrogen-bond donors (Lipinski definition) is 2. The molecule has 2 aromatic carbocycles. The third kappa shape index (κ3) is 1.85. The number of carboxylic acids is 1. The number of hydrogen-bond acceptors (Lipinski definition) is 3. The van der Waals surface area contributed by atoms with Gasteiger partial charge >= 0.3 is 5.97 Å². The van der Waals surface area contributed by atoms with E-state index in [9.17, 15) is 14.4 Å². The summed E-state index contributed by atoms with van der Waals surface area (Å²) in [6.45, 7) is 0. The molecule has 3 rings (SSSR count). The van der Waals surface area contributed by atoms with Crippen molar-refractivity contribution in [1.82, 2.24) is 0 Å². The summed E-state index contributed by atoms with van der Waals surface area (Å²) in [5.41, 5.74) is 2.34. The number of carboxylic acid groups (broad SMARTS) is 1. The van der Waals surface area contributed by atoms with Crippen LogP contribution in [-0.2, 0) is 4.79 Å². The van der Waals surface area contributed by atoms with E-state index >= 15 is 0 Å². The van der Waals surface area contributed by atoms with Gasteiger partial charge in [-0.25, -0.2) is 4.79 Å². The van der Waals surface area contributed by atoms with E-state index in [-0.39, 0.29) is 5.56 Å². The van der Waals surface area contributed by atoms with E-state index in [1.54, 1.807) is 30.3 Å². The summed E-state index contributed by atoms with van der Waals surface area (Å²) in [6.07, 6.45) is 0. The molecule has 2 aromatic rings. The Hall–Kier alpha value is -2.95. The summed E-state index contributed by atoms with van der Waals surface area (Å²) in [5.74, 6) is -2.23. The Morgan fingerprint density at radius 3 is 2.50 bits per heavy atom. The molecule has 98 valence electrons. The molecule has 0 unspecified atom stereocenters. The zero-order valence-corrected chi connectivity index (χ0v) is 10.2. The molecular formula is C15H9NO4. The minimum Gasteiger partial charge on any atom is -0.478 e. The molecular weight excluding hydrogens is 258 g/mol. The van der Waals surface area contributed by atoms with Gasteiger partial charge in [0.05, 0.1) is 16.8 Å². The van der Waals surface area contributed by atoms with Gasteiger partial charge < -0.3 is 10.4 Å². The largest absolute Gasteiger partial charge is 0.478 e. The zero-order chi connectivity index (χ0) is 14.3. The van der Waals surface area contributed by atoms with Gasteiger partial charge in [-0.3, -0.25) is 9.59 Å². The van der Waals surface area contributed by atoms with E-state index in [1.165, 1.54) is 12.1 Å². The molecule has 1 amide bonds. The van der Waals surface area contributed by atoms with Gasteiger partial charge in [0.15, 0.2) is 0 Å². The first-order valence-corrected chi connectivity index (χ1v) is 5.90. The van der Waals surface area contributed by atoms with Gasteiger partial charge in [-0.05, 0) is 35.4 Å². The smallest absolute Gasteiger partial charge is 0.335 e. The van der Waals surface area contributed by atoms with Gasteiger partial charge in [0.1, 0.15) is 0 Å². The first kappa shape index (κ1) is 12.1. The number of amides is 1. The molecule has 0 aromatic heterocycles. The lowest BCUT2D eigenvalue weighted by Gasteiger charge is -2.05. The molecule has 5 heteroatoms. The average molecular weight is 267 g/mol. The molecule has 1 aliphatic heterocycles. The number of carbonyl (C=O) groups excluding carboxylic acids is 2. The SMILES string of the molecule is O=C1Nc2ccc(-c3cccc(C(=O)O)c3)cc2C1=O. The van der Waals surface area contributed by atoms with Crippen molar-refractivity contribution >= 4 is 23.3 Å². The van der Waals surface area contributed by atoms with Gasteiger partial charge in [-0.1, -0.05) is 18.2 Å². The van der Waals surface area contributed by atoms with Gasteiger partial charge in [-0.2, -0.15) is 0 Å². The standard InChI is InChI=1S/C15H9NO4/c17-13-11-7-9(4-5-12(11)16-14(13)18)8-2-1-3-10(6-8)15(19)20/h1-7H,(H,19,20)(H,16,17,18). The number of carbonyl (C=O) groups is 3. The molecule has 0 saturated carbocycles. The highest BCUT2D eigenvalue weighted by Gasteiger charge is 2.27. The molecule has 2 N–H and O–H groups in total. The lowest BCUT2D eigenvalue weighted by atomic mass is 10.00. The van der Waals surface area contributed by atoms with Crippen LogP contribution in [0.3, 0.4) is 0 Å². The first-order valence-electron chi connectivity index (χ1n) is 5.90. The highest BCUT2D eigenvalue weighted by atomic mass is 16.4. The van der Waals surface area contributed by atoms with Crippen molar-refractivity contribution in [2.75, 3.05) is 5.32 Å². The summed E-state index contributed by atoms with van der Waals surface area (Å²) in [5, 5.41) is 11.5. The Morgan fingerprint density at radius 2 is 1.75 bits per heavy atom. The Balaban J connectivity index is 2.09. The molecule has 0 bridgehead atoms. The quantitative estimate of drug-likeness (QED) is 0.817. The Labute approximate surface area is 113 Å². The molecule has 0 saturated heterocycles. The van der Waals surface area contributed by atoms with Crippen LogP contribution in [0.15, 0.2) is 42.5 Å². The molecule has 1 aliphatic rings. The number of Topliss-reactive ketones (excluding diaryl/α,β-unsaturated/α-hetero) is 1. The lowest BCUT2D eigenvalue weighted by Crippen LogP contribution is -2.12. The maximum absolute atomic E-state index is 11.6. The highest BCUT2D eigenvalue weighted by Crippen LogP contribution is 2.29. The van der Waals surface area contributed by atoms with Crippen LogP contribution in [-0.4, -0.2) is 22.8 Å². The molecule has 1 heterocycles. The fourth-order valence-corrected chi connectivity index (χ4v) is 2.15. The van der Waals surface area contributed by atoms with Crippen LogP contribution < -0.4 is 5.32 Å². The summed E-state index contributed by atoms with van der Waals surface area (Å²) in [6, 6.07) is 11.4. The summed E-state index contributed by atoms with van der Waals surface area (Å²) >= 11 is 0. The maximum Gasteiger partial charge on any atom is 0.335 e. The van der Waals surface area contributed by atoms with Gasteiger partial charge in [0.25, 0.3) is 11.7 Å². The highest BCUT2D eigenvalue weighted by molar-refractivity contribution is 6.51. The Kier molecular flexibility index (Phi) is 2.61. The minimum absolute atomic E-state index is 0.170. The fraction of sp³-hybridized carbons (Fsp3) is 0. The molecule has 0 radical (unpaired) electrons. The van der Waals surface area contributed by atoms with E-state index < -0.39 is 17.7 Å². The maximum atomic E-state index is 11.6. The molecule has 0 spiro atoms. The van der Waals surface area contributed by atoms with Gasteiger partial charge in [0.2, 0.25) is 0 Å². The van der Waals surface area contributed by atoms with Crippen molar-refractivity contribution in [1.29, 1.82) is 0 Å². The minimum atomic E-state index is -1.01. The van der Waals surface area contributed by atoms with E-state index in [0.717, 1.165) is 0 Å². The monoisotopic (exact) mass is 267 g/mol. The molecule has 5 nitrogen and oxygen atoms in total. The Bertz CT molecular complexity index is 764. The molecule has 0 aliphatic carbocycles. The van der Waals surface area contributed by atoms with Gasteiger partial charge in [0, 0.05) is 0 Å². The number of nitrogens with one attached hydrogen (secondary N) is 1. The van der Waals surface area contributed by atoms with Gasteiger partial charge in [-0.15, -0.1) is 0 Å². The van der Waals surface area contributed by atoms with E-state index in [1.807, 2.05) is 0 Å². The summed E-state index contributed by atoms with van der Waals surface area (Å²) in [7, 11) is 0. The Morgan fingerprint density at radius 1 is 1.00 bits per heavy atom. The number of rotatable bonds is 2. The lowest BCUT2D eigenvalue weighted by molar-refractivity contribution is -0.112. The van der Waals surface area contributed by atoms with Crippen LogP contribution in [0.25, 0.3) is 11.1 Å². The second kappa shape index (κ2) is 4.31. The predicted octanol–water partition coefficient (Wildman–Crippen LogP) is 2.19. The molecule has 0 fully saturated rings. The molecule has 0 atom stereocenters.